The van der Waals surface area contributed by atoms with E-state index in [0.29, 0.717) is 5.75 Å². The SMILES string of the molecule is CCC[C@H](N)C(=O)CSCc1ccco1.Cl. The molecule has 0 radical (unpaired) electrons. The number of furan rings is 1. The molecule has 0 saturated heterocycles. The summed E-state index contributed by atoms with van der Waals surface area (Å²) >= 11 is 1.55. The molecular weight excluding hydrogens is 246 g/mol. The summed E-state index contributed by atoms with van der Waals surface area (Å²) in [5.74, 6) is 2.24. The number of hydrogen-bond acceptors (Lipinski definition) is 4. The van der Waals surface area contributed by atoms with E-state index in [2.05, 4.69) is 0 Å². The number of halogens is 1. The Morgan fingerprint density at radius 1 is 1.62 bits per heavy atom. The quantitative estimate of drug-likeness (QED) is 0.822. The van der Waals surface area contributed by atoms with Crippen molar-refractivity contribution >= 4 is 30.0 Å². The molecule has 16 heavy (non-hydrogen) atoms. The van der Waals surface area contributed by atoms with Crippen LogP contribution in [-0.4, -0.2) is 17.6 Å². The molecule has 0 fully saturated rings. The molecule has 1 heterocycles. The van der Waals surface area contributed by atoms with Crippen molar-refractivity contribution in [3.8, 4) is 0 Å². The highest BCUT2D eigenvalue weighted by atomic mass is 35.5. The van der Waals surface area contributed by atoms with Crippen molar-refractivity contribution in [3.63, 3.8) is 0 Å². The van der Waals surface area contributed by atoms with Crippen LogP contribution in [0.25, 0.3) is 0 Å². The Balaban J connectivity index is 0.00000225. The lowest BCUT2D eigenvalue weighted by atomic mass is 10.1. The topological polar surface area (TPSA) is 56.2 Å². The second-order valence-corrected chi connectivity index (χ2v) is 4.42. The first-order valence-electron chi connectivity index (χ1n) is 5.12. The summed E-state index contributed by atoms with van der Waals surface area (Å²) in [6.07, 6.45) is 3.37. The van der Waals surface area contributed by atoms with Gasteiger partial charge in [-0.15, -0.1) is 24.2 Å². The minimum atomic E-state index is -0.292. The third-order valence-corrected chi connectivity index (χ3v) is 3.06. The van der Waals surface area contributed by atoms with Gasteiger partial charge in [0, 0.05) is 0 Å². The number of ketones is 1. The highest BCUT2D eigenvalue weighted by Crippen LogP contribution is 2.13. The van der Waals surface area contributed by atoms with E-state index in [-0.39, 0.29) is 24.2 Å². The van der Waals surface area contributed by atoms with E-state index in [1.165, 1.54) is 0 Å². The number of carbonyl (C=O) groups is 1. The van der Waals surface area contributed by atoms with Crippen molar-refractivity contribution < 1.29 is 9.21 Å². The Kier molecular flexibility index (Phi) is 8.43. The Hall–Kier alpha value is -0.450. The molecule has 1 aromatic heterocycles. The van der Waals surface area contributed by atoms with Crippen LogP contribution >= 0.6 is 24.2 Å². The molecule has 0 bridgehead atoms. The molecule has 3 nitrogen and oxygen atoms in total. The number of thioether (sulfide) groups is 1. The van der Waals surface area contributed by atoms with Gasteiger partial charge in [-0.1, -0.05) is 13.3 Å². The van der Waals surface area contributed by atoms with Gasteiger partial charge in [0.25, 0.3) is 0 Å². The fourth-order valence-electron chi connectivity index (χ4n) is 1.23. The van der Waals surface area contributed by atoms with E-state index in [9.17, 15) is 4.79 Å². The van der Waals surface area contributed by atoms with Gasteiger partial charge in [-0.3, -0.25) is 4.79 Å². The van der Waals surface area contributed by atoms with Gasteiger partial charge in [0.1, 0.15) is 5.76 Å². The lowest BCUT2D eigenvalue weighted by molar-refractivity contribution is -0.117. The molecule has 5 heteroatoms. The van der Waals surface area contributed by atoms with E-state index in [1.807, 2.05) is 19.1 Å². The predicted octanol–water partition coefficient (Wildman–Crippen LogP) is 2.63. The molecule has 1 rings (SSSR count). The van der Waals surface area contributed by atoms with E-state index >= 15 is 0 Å². The summed E-state index contributed by atoms with van der Waals surface area (Å²) in [6.45, 7) is 2.03. The lowest BCUT2D eigenvalue weighted by Crippen LogP contribution is -2.31. The van der Waals surface area contributed by atoms with Gasteiger partial charge in [-0.25, -0.2) is 0 Å². The molecule has 0 aliphatic heterocycles. The third kappa shape index (κ3) is 5.58. The van der Waals surface area contributed by atoms with Crippen LogP contribution in [0.2, 0.25) is 0 Å². The van der Waals surface area contributed by atoms with Crippen molar-refractivity contribution in [2.45, 2.75) is 31.6 Å². The first-order valence-corrected chi connectivity index (χ1v) is 6.28. The van der Waals surface area contributed by atoms with E-state index in [0.717, 1.165) is 24.4 Å². The maximum absolute atomic E-state index is 11.5. The largest absolute Gasteiger partial charge is 0.468 e. The van der Waals surface area contributed by atoms with E-state index < -0.39 is 0 Å². The maximum atomic E-state index is 11.5. The van der Waals surface area contributed by atoms with Crippen LogP contribution in [0.5, 0.6) is 0 Å². The average molecular weight is 264 g/mol. The standard InChI is InChI=1S/C11H17NO2S.ClH/c1-2-4-10(12)11(13)8-15-7-9-5-3-6-14-9;/h3,5-6,10H,2,4,7-8,12H2,1H3;1H/t10-;/m0./s1. The predicted molar refractivity (Wildman–Crippen MR) is 70.0 cm³/mol. The minimum absolute atomic E-state index is 0. The highest BCUT2D eigenvalue weighted by molar-refractivity contribution is 7.99. The summed E-state index contributed by atoms with van der Waals surface area (Å²) in [4.78, 5) is 11.5. The Morgan fingerprint density at radius 2 is 2.38 bits per heavy atom. The van der Waals surface area contributed by atoms with Gasteiger partial charge in [0.05, 0.1) is 23.8 Å². The monoisotopic (exact) mass is 263 g/mol. The Morgan fingerprint density at radius 3 is 2.94 bits per heavy atom. The van der Waals surface area contributed by atoms with Crippen LogP contribution < -0.4 is 5.73 Å². The summed E-state index contributed by atoms with van der Waals surface area (Å²) in [5.41, 5.74) is 5.70. The smallest absolute Gasteiger partial charge is 0.159 e. The lowest BCUT2D eigenvalue weighted by Gasteiger charge is -2.07. The number of rotatable bonds is 7. The number of Topliss-reactive ketones (excluding diaryl/α,β-unsaturated/α-hetero) is 1. The van der Waals surface area contributed by atoms with Gasteiger partial charge in [-0.2, -0.15) is 0 Å². The second kappa shape index (κ2) is 8.67. The van der Waals surface area contributed by atoms with Crippen LogP contribution in [-0.2, 0) is 10.5 Å². The van der Waals surface area contributed by atoms with Crippen LogP contribution in [0.1, 0.15) is 25.5 Å². The van der Waals surface area contributed by atoms with Crippen LogP contribution in [0, 0.1) is 0 Å². The number of hydrogen-bond donors (Lipinski definition) is 1. The zero-order valence-electron chi connectivity index (χ0n) is 9.35. The Labute approximate surface area is 107 Å². The Bertz CT molecular complexity index is 290. The van der Waals surface area contributed by atoms with Crippen molar-refractivity contribution in [1.29, 1.82) is 0 Å². The first-order chi connectivity index (χ1) is 7.24. The van der Waals surface area contributed by atoms with Crippen molar-refractivity contribution in [3.05, 3.63) is 24.2 Å². The normalized spacial score (nSPS) is 11.9. The second-order valence-electron chi connectivity index (χ2n) is 3.43. The molecule has 2 N–H and O–H groups in total. The maximum Gasteiger partial charge on any atom is 0.159 e. The van der Waals surface area contributed by atoms with Gasteiger partial charge in [0.2, 0.25) is 0 Å². The first kappa shape index (κ1) is 15.6. The van der Waals surface area contributed by atoms with Crippen LogP contribution in [0.4, 0.5) is 0 Å². The molecule has 0 spiro atoms. The van der Waals surface area contributed by atoms with Gasteiger partial charge >= 0.3 is 0 Å². The van der Waals surface area contributed by atoms with Gasteiger partial charge in [0.15, 0.2) is 5.78 Å². The molecule has 0 aromatic carbocycles. The zero-order valence-corrected chi connectivity index (χ0v) is 11.0. The number of carbonyl (C=O) groups excluding carboxylic acids is 1. The van der Waals surface area contributed by atoms with Crippen molar-refractivity contribution in [2.24, 2.45) is 5.73 Å². The molecule has 92 valence electrons. The third-order valence-electron chi connectivity index (χ3n) is 2.08. The van der Waals surface area contributed by atoms with Gasteiger partial charge < -0.3 is 10.2 Å². The molecule has 0 amide bonds. The molecule has 1 aromatic rings. The fourth-order valence-corrected chi connectivity index (χ4v) is 2.11. The summed E-state index contributed by atoms with van der Waals surface area (Å²) in [5, 5.41) is 0. The summed E-state index contributed by atoms with van der Waals surface area (Å²) < 4.78 is 5.16. The summed E-state index contributed by atoms with van der Waals surface area (Å²) in [6, 6.07) is 3.46. The average Bonchev–Trinajstić information content (AvgIpc) is 2.71. The molecule has 0 aliphatic carbocycles. The van der Waals surface area contributed by atoms with E-state index in [4.69, 9.17) is 10.2 Å². The zero-order chi connectivity index (χ0) is 11.1. The van der Waals surface area contributed by atoms with Crippen LogP contribution in [0.15, 0.2) is 22.8 Å². The molecule has 0 aliphatic rings. The molecule has 1 atom stereocenters. The number of nitrogens with two attached hydrogens (primary N) is 1. The van der Waals surface area contributed by atoms with Crippen molar-refractivity contribution in [2.75, 3.05) is 5.75 Å². The van der Waals surface area contributed by atoms with Crippen LogP contribution in [0.3, 0.4) is 0 Å². The minimum Gasteiger partial charge on any atom is -0.468 e. The van der Waals surface area contributed by atoms with E-state index in [1.54, 1.807) is 18.0 Å². The molecular formula is C11H18ClNO2S. The summed E-state index contributed by atoms with van der Waals surface area (Å²) in [7, 11) is 0. The fraction of sp³-hybridized carbons (Fsp3) is 0.545. The van der Waals surface area contributed by atoms with Gasteiger partial charge in [-0.05, 0) is 18.6 Å². The molecule has 0 unspecified atom stereocenters. The molecule has 0 saturated carbocycles. The highest BCUT2D eigenvalue weighted by Gasteiger charge is 2.12. The van der Waals surface area contributed by atoms with Crippen molar-refractivity contribution in [1.82, 2.24) is 0 Å².